The van der Waals surface area contributed by atoms with Crippen LogP contribution in [0.15, 0.2) is 23.1 Å². The van der Waals surface area contributed by atoms with Gasteiger partial charge in [0.05, 0.1) is 12.7 Å². The molecule has 0 unspecified atom stereocenters. The average Bonchev–Trinajstić information content (AvgIpc) is 2.25. The zero-order valence-corrected chi connectivity index (χ0v) is 10.1. The van der Waals surface area contributed by atoms with Gasteiger partial charge in [-0.1, -0.05) is 13.8 Å². The maximum atomic E-state index is 8.94. The lowest BCUT2D eigenvalue weighted by Crippen LogP contribution is -1.92. The van der Waals surface area contributed by atoms with E-state index in [9.17, 15) is 0 Å². The van der Waals surface area contributed by atoms with Gasteiger partial charge in [-0.3, -0.25) is 0 Å². The van der Waals surface area contributed by atoms with Gasteiger partial charge in [0.2, 0.25) is 0 Å². The zero-order valence-electron chi connectivity index (χ0n) is 9.28. The molecule has 0 bridgehead atoms. The molecule has 0 N–H and O–H groups in total. The molecule has 0 spiro atoms. The van der Waals surface area contributed by atoms with E-state index in [1.54, 1.807) is 18.9 Å². The number of thioether (sulfide) groups is 1. The SMILES string of the molecule is COc1ccc(C#N)c(SCC(C)C)c1. The highest BCUT2D eigenvalue weighted by molar-refractivity contribution is 7.99. The molecule has 80 valence electrons. The normalized spacial score (nSPS) is 10.1. The summed E-state index contributed by atoms with van der Waals surface area (Å²) in [5.41, 5.74) is 0.724. The van der Waals surface area contributed by atoms with Crippen molar-refractivity contribution in [1.82, 2.24) is 0 Å². The lowest BCUT2D eigenvalue weighted by molar-refractivity contribution is 0.413. The van der Waals surface area contributed by atoms with Gasteiger partial charge in [0.25, 0.3) is 0 Å². The molecule has 0 amide bonds. The number of methoxy groups -OCH3 is 1. The first kappa shape index (κ1) is 11.9. The molecule has 1 aromatic carbocycles. The number of hydrogen-bond acceptors (Lipinski definition) is 3. The van der Waals surface area contributed by atoms with Gasteiger partial charge >= 0.3 is 0 Å². The molecule has 0 atom stereocenters. The van der Waals surface area contributed by atoms with Crippen molar-refractivity contribution >= 4 is 11.8 Å². The third-order valence-electron chi connectivity index (χ3n) is 1.88. The molecule has 0 aliphatic carbocycles. The lowest BCUT2D eigenvalue weighted by atomic mass is 10.2. The second-order valence-corrected chi connectivity index (χ2v) is 4.74. The van der Waals surface area contributed by atoms with Gasteiger partial charge in [0.1, 0.15) is 11.8 Å². The lowest BCUT2D eigenvalue weighted by Gasteiger charge is -2.08. The van der Waals surface area contributed by atoms with Crippen LogP contribution in [0.4, 0.5) is 0 Å². The number of nitrogens with zero attached hydrogens (tertiary/aromatic N) is 1. The molecule has 3 heteroatoms. The van der Waals surface area contributed by atoms with Gasteiger partial charge in [0.15, 0.2) is 0 Å². The summed E-state index contributed by atoms with van der Waals surface area (Å²) in [6.45, 7) is 4.33. The molecule has 1 aromatic rings. The summed E-state index contributed by atoms with van der Waals surface area (Å²) in [7, 11) is 1.64. The first-order valence-electron chi connectivity index (χ1n) is 4.88. The smallest absolute Gasteiger partial charge is 0.120 e. The molecule has 0 saturated carbocycles. The Hall–Kier alpha value is -1.14. The molecule has 0 radical (unpaired) electrons. The van der Waals surface area contributed by atoms with E-state index in [0.717, 1.165) is 22.0 Å². The van der Waals surface area contributed by atoms with Crippen LogP contribution in [-0.2, 0) is 0 Å². The Labute approximate surface area is 95.3 Å². The molecule has 0 aliphatic rings. The summed E-state index contributed by atoms with van der Waals surface area (Å²) in [5, 5.41) is 8.94. The predicted molar refractivity (Wildman–Crippen MR) is 63.3 cm³/mol. The van der Waals surface area contributed by atoms with Gasteiger partial charge in [-0.2, -0.15) is 5.26 Å². The molecule has 0 fully saturated rings. The highest BCUT2D eigenvalue weighted by Crippen LogP contribution is 2.28. The van der Waals surface area contributed by atoms with Crippen molar-refractivity contribution in [3.05, 3.63) is 23.8 Å². The number of hydrogen-bond donors (Lipinski definition) is 0. The summed E-state index contributed by atoms with van der Waals surface area (Å²) in [5.74, 6) is 2.44. The first-order valence-corrected chi connectivity index (χ1v) is 5.87. The fourth-order valence-electron chi connectivity index (χ4n) is 1.10. The minimum Gasteiger partial charge on any atom is -0.497 e. The summed E-state index contributed by atoms with van der Waals surface area (Å²) in [4.78, 5) is 1.01. The number of ether oxygens (including phenoxy) is 1. The number of nitriles is 1. The summed E-state index contributed by atoms with van der Waals surface area (Å²) >= 11 is 1.71. The Bertz CT molecular complexity index is 368. The van der Waals surface area contributed by atoms with Crippen molar-refractivity contribution in [3.8, 4) is 11.8 Å². The van der Waals surface area contributed by atoms with Gasteiger partial charge in [-0.05, 0) is 24.1 Å². The van der Waals surface area contributed by atoms with Crippen LogP contribution >= 0.6 is 11.8 Å². The highest BCUT2D eigenvalue weighted by Gasteiger charge is 2.05. The summed E-state index contributed by atoms with van der Waals surface area (Å²) < 4.78 is 5.14. The van der Waals surface area contributed by atoms with Crippen LogP contribution in [0, 0.1) is 17.2 Å². The Morgan fingerprint density at radius 3 is 2.73 bits per heavy atom. The molecule has 0 aliphatic heterocycles. The van der Waals surface area contributed by atoms with E-state index < -0.39 is 0 Å². The highest BCUT2D eigenvalue weighted by atomic mass is 32.2. The number of rotatable bonds is 4. The second kappa shape index (κ2) is 5.67. The topological polar surface area (TPSA) is 33.0 Å². The Balaban J connectivity index is 2.87. The Kier molecular flexibility index (Phi) is 4.51. The monoisotopic (exact) mass is 221 g/mol. The van der Waals surface area contributed by atoms with Crippen molar-refractivity contribution in [2.45, 2.75) is 18.7 Å². The second-order valence-electron chi connectivity index (χ2n) is 3.68. The quantitative estimate of drug-likeness (QED) is 0.731. The van der Waals surface area contributed by atoms with Crippen molar-refractivity contribution in [2.24, 2.45) is 5.92 Å². The molecule has 2 nitrogen and oxygen atoms in total. The number of benzene rings is 1. The van der Waals surface area contributed by atoms with Gasteiger partial charge in [-0.25, -0.2) is 0 Å². The summed E-state index contributed by atoms with van der Waals surface area (Å²) in [6.07, 6.45) is 0. The molecule has 15 heavy (non-hydrogen) atoms. The van der Waals surface area contributed by atoms with Crippen LogP contribution < -0.4 is 4.74 Å². The maximum absolute atomic E-state index is 8.94. The van der Waals surface area contributed by atoms with Gasteiger partial charge in [-0.15, -0.1) is 11.8 Å². The van der Waals surface area contributed by atoms with E-state index in [2.05, 4.69) is 19.9 Å². The molecular formula is C12H15NOS. The van der Waals surface area contributed by atoms with Crippen LogP contribution in [0.1, 0.15) is 19.4 Å². The van der Waals surface area contributed by atoms with Crippen molar-refractivity contribution in [2.75, 3.05) is 12.9 Å². The Morgan fingerprint density at radius 2 is 2.20 bits per heavy atom. The van der Waals surface area contributed by atoms with E-state index in [4.69, 9.17) is 10.00 Å². The van der Waals surface area contributed by atoms with Crippen LogP contribution in [-0.4, -0.2) is 12.9 Å². The van der Waals surface area contributed by atoms with Crippen LogP contribution in [0.3, 0.4) is 0 Å². The first-order chi connectivity index (χ1) is 7.17. The average molecular weight is 221 g/mol. The Morgan fingerprint density at radius 1 is 1.47 bits per heavy atom. The van der Waals surface area contributed by atoms with Gasteiger partial charge < -0.3 is 4.74 Å². The maximum Gasteiger partial charge on any atom is 0.120 e. The third kappa shape index (κ3) is 3.49. The molecule has 0 aromatic heterocycles. The van der Waals surface area contributed by atoms with Gasteiger partial charge in [0, 0.05) is 10.6 Å². The van der Waals surface area contributed by atoms with Crippen LogP contribution in [0.25, 0.3) is 0 Å². The minimum atomic E-state index is 0.618. The standard InChI is InChI=1S/C12H15NOS/c1-9(2)8-15-12-6-11(14-3)5-4-10(12)7-13/h4-6,9H,8H2,1-3H3. The fraction of sp³-hybridized carbons (Fsp3) is 0.417. The van der Waals surface area contributed by atoms with E-state index in [1.807, 2.05) is 18.2 Å². The zero-order chi connectivity index (χ0) is 11.3. The fourth-order valence-corrected chi connectivity index (χ4v) is 2.08. The van der Waals surface area contributed by atoms with Crippen LogP contribution in [0.2, 0.25) is 0 Å². The largest absolute Gasteiger partial charge is 0.497 e. The van der Waals surface area contributed by atoms with Crippen molar-refractivity contribution in [3.63, 3.8) is 0 Å². The predicted octanol–water partition coefficient (Wildman–Crippen LogP) is 3.31. The van der Waals surface area contributed by atoms with E-state index in [0.29, 0.717) is 5.92 Å². The van der Waals surface area contributed by atoms with E-state index in [1.165, 1.54) is 0 Å². The van der Waals surface area contributed by atoms with E-state index >= 15 is 0 Å². The van der Waals surface area contributed by atoms with Crippen molar-refractivity contribution in [1.29, 1.82) is 5.26 Å². The van der Waals surface area contributed by atoms with Crippen LogP contribution in [0.5, 0.6) is 5.75 Å². The molecule has 0 heterocycles. The molecule has 0 saturated heterocycles. The molecular weight excluding hydrogens is 206 g/mol. The minimum absolute atomic E-state index is 0.618. The third-order valence-corrected chi connectivity index (χ3v) is 3.36. The summed E-state index contributed by atoms with van der Waals surface area (Å²) in [6, 6.07) is 7.74. The molecule has 1 rings (SSSR count). The van der Waals surface area contributed by atoms with E-state index in [-0.39, 0.29) is 0 Å². The van der Waals surface area contributed by atoms with Crippen molar-refractivity contribution < 1.29 is 4.74 Å².